The summed E-state index contributed by atoms with van der Waals surface area (Å²) in [5.74, 6) is -0.623. The zero-order valence-electron chi connectivity index (χ0n) is 19.3. The Bertz CT molecular complexity index is 1400. The van der Waals surface area contributed by atoms with Crippen LogP contribution in [-0.4, -0.2) is 39.1 Å². The van der Waals surface area contributed by atoms with Gasteiger partial charge < -0.3 is 10.6 Å². The molecule has 3 aromatic carbocycles. The second-order valence-electron chi connectivity index (χ2n) is 8.40. The van der Waals surface area contributed by atoms with Crippen LogP contribution >= 0.6 is 11.6 Å². The quantitative estimate of drug-likeness (QED) is 0.389. The van der Waals surface area contributed by atoms with E-state index in [9.17, 15) is 14.4 Å². The van der Waals surface area contributed by atoms with Crippen LogP contribution in [0.4, 0.5) is 10.6 Å². The van der Waals surface area contributed by atoms with Gasteiger partial charge in [0, 0.05) is 23.7 Å². The number of carbonyl (C=O) groups excluding carboxylic acids is 3. The number of amides is 4. The first kappa shape index (κ1) is 23.3. The largest absolute Gasteiger partial charge is 0.326 e. The van der Waals surface area contributed by atoms with Crippen LogP contribution in [-0.2, 0) is 22.2 Å². The van der Waals surface area contributed by atoms with Gasteiger partial charge in [0.2, 0.25) is 5.91 Å². The lowest BCUT2D eigenvalue weighted by Gasteiger charge is -2.27. The van der Waals surface area contributed by atoms with Crippen molar-refractivity contribution in [3.8, 4) is 11.3 Å². The minimum Gasteiger partial charge on any atom is -0.315 e. The average Bonchev–Trinajstić information content (AvgIpc) is 3.38. The molecule has 0 aliphatic carbocycles. The van der Waals surface area contributed by atoms with Crippen LogP contribution in [0.15, 0.2) is 91.0 Å². The van der Waals surface area contributed by atoms with Crippen LogP contribution in [0.1, 0.15) is 11.1 Å². The first-order chi connectivity index (χ1) is 17.4. The average molecular weight is 500 g/mol. The fraction of sp³-hybridized carbons (Fsp3) is 0.111. The minimum atomic E-state index is -1.42. The van der Waals surface area contributed by atoms with Crippen LogP contribution < -0.4 is 10.6 Å². The van der Waals surface area contributed by atoms with E-state index in [1.807, 2.05) is 24.3 Å². The number of aromatic nitrogens is 2. The van der Waals surface area contributed by atoms with E-state index in [1.165, 1.54) is 4.68 Å². The number of nitrogens with one attached hydrogen (secondary N) is 2. The molecule has 0 bridgehead atoms. The number of hydrogen-bond acceptors (Lipinski definition) is 4. The number of urea groups is 1. The van der Waals surface area contributed by atoms with Gasteiger partial charge in [0.1, 0.15) is 12.4 Å². The number of imide groups is 1. The maximum atomic E-state index is 13.7. The molecular formula is C27H22ClN5O3. The molecule has 36 heavy (non-hydrogen) atoms. The van der Waals surface area contributed by atoms with Gasteiger partial charge in [-0.15, -0.1) is 0 Å². The maximum Gasteiger partial charge on any atom is 0.326 e. The van der Waals surface area contributed by atoms with E-state index in [0.717, 1.165) is 10.5 Å². The highest BCUT2D eigenvalue weighted by atomic mass is 35.5. The molecular weight excluding hydrogens is 478 g/mol. The standard InChI is InChI=1S/C27H22ClN5O3/c1-32-23(16-22(31-32)18-12-14-21(28)15-13-18)29-24(34)17-33-25(35)27(30-26(33)36,19-8-4-2-5-9-19)20-10-6-3-7-11-20/h2-16H,17H2,1H3,(H,29,34)(H,30,36). The van der Waals surface area contributed by atoms with Crippen molar-refractivity contribution in [1.29, 1.82) is 0 Å². The van der Waals surface area contributed by atoms with Crippen molar-refractivity contribution in [2.24, 2.45) is 7.05 Å². The molecule has 1 aliphatic rings. The second kappa shape index (κ2) is 9.31. The van der Waals surface area contributed by atoms with Gasteiger partial charge in [-0.3, -0.25) is 19.2 Å². The molecule has 0 unspecified atom stereocenters. The number of nitrogens with zero attached hydrogens (tertiary/aromatic N) is 3. The van der Waals surface area contributed by atoms with Crippen molar-refractivity contribution >= 4 is 35.3 Å². The summed E-state index contributed by atoms with van der Waals surface area (Å²) in [6, 6.07) is 26.2. The highest BCUT2D eigenvalue weighted by Gasteiger charge is 2.54. The van der Waals surface area contributed by atoms with Crippen molar-refractivity contribution in [1.82, 2.24) is 20.0 Å². The molecule has 2 heterocycles. The van der Waals surface area contributed by atoms with E-state index in [2.05, 4.69) is 15.7 Å². The Morgan fingerprint density at radius 2 is 1.53 bits per heavy atom. The molecule has 0 saturated carbocycles. The molecule has 1 saturated heterocycles. The molecule has 0 spiro atoms. The zero-order valence-corrected chi connectivity index (χ0v) is 20.1. The Hall–Kier alpha value is -4.43. The van der Waals surface area contributed by atoms with Crippen LogP contribution in [0.5, 0.6) is 0 Å². The summed E-state index contributed by atoms with van der Waals surface area (Å²) in [5, 5.41) is 10.6. The molecule has 1 aliphatic heterocycles. The minimum absolute atomic E-state index is 0.425. The number of halogens is 1. The SMILES string of the molecule is Cn1nc(-c2ccc(Cl)cc2)cc1NC(=O)CN1C(=O)NC(c2ccccc2)(c2ccccc2)C1=O. The van der Waals surface area contributed by atoms with E-state index in [4.69, 9.17) is 11.6 Å². The number of anilines is 1. The summed E-state index contributed by atoms with van der Waals surface area (Å²) >= 11 is 5.96. The molecule has 0 radical (unpaired) electrons. The van der Waals surface area contributed by atoms with Gasteiger partial charge >= 0.3 is 6.03 Å². The predicted octanol–water partition coefficient (Wildman–Crippen LogP) is 4.17. The van der Waals surface area contributed by atoms with Crippen molar-refractivity contribution in [3.63, 3.8) is 0 Å². The van der Waals surface area contributed by atoms with Gasteiger partial charge in [-0.1, -0.05) is 84.4 Å². The smallest absolute Gasteiger partial charge is 0.315 e. The third-order valence-electron chi connectivity index (χ3n) is 6.11. The van der Waals surface area contributed by atoms with E-state index >= 15 is 0 Å². The van der Waals surface area contributed by atoms with Gasteiger partial charge in [0.25, 0.3) is 5.91 Å². The van der Waals surface area contributed by atoms with Gasteiger partial charge in [0.15, 0.2) is 5.54 Å². The van der Waals surface area contributed by atoms with Gasteiger partial charge in [0.05, 0.1) is 5.69 Å². The molecule has 1 aromatic heterocycles. The van der Waals surface area contributed by atoms with Crippen molar-refractivity contribution in [3.05, 3.63) is 107 Å². The third-order valence-corrected chi connectivity index (χ3v) is 6.36. The van der Waals surface area contributed by atoms with Crippen LogP contribution in [0.3, 0.4) is 0 Å². The van der Waals surface area contributed by atoms with Crippen LogP contribution in [0, 0.1) is 0 Å². The Labute approximate surface area is 212 Å². The maximum absolute atomic E-state index is 13.7. The van der Waals surface area contributed by atoms with Crippen molar-refractivity contribution < 1.29 is 14.4 Å². The van der Waals surface area contributed by atoms with Crippen molar-refractivity contribution in [2.45, 2.75) is 5.54 Å². The predicted molar refractivity (Wildman–Crippen MR) is 136 cm³/mol. The summed E-state index contributed by atoms with van der Waals surface area (Å²) in [4.78, 5) is 40.6. The number of carbonyl (C=O) groups is 3. The van der Waals surface area contributed by atoms with E-state index in [0.29, 0.717) is 27.7 Å². The first-order valence-corrected chi connectivity index (χ1v) is 11.6. The van der Waals surface area contributed by atoms with Gasteiger partial charge in [-0.05, 0) is 23.3 Å². The summed E-state index contributed by atoms with van der Waals surface area (Å²) in [6.07, 6.45) is 0. The Balaban J connectivity index is 1.39. The summed E-state index contributed by atoms with van der Waals surface area (Å²) in [7, 11) is 1.69. The molecule has 180 valence electrons. The number of rotatable bonds is 6. The lowest BCUT2D eigenvalue weighted by Crippen LogP contribution is -2.45. The molecule has 8 nitrogen and oxygen atoms in total. The topological polar surface area (TPSA) is 96.3 Å². The highest BCUT2D eigenvalue weighted by molar-refractivity contribution is 6.30. The summed E-state index contributed by atoms with van der Waals surface area (Å²) in [5.41, 5.74) is 1.27. The van der Waals surface area contributed by atoms with Crippen molar-refractivity contribution in [2.75, 3.05) is 11.9 Å². The monoisotopic (exact) mass is 499 g/mol. The summed E-state index contributed by atoms with van der Waals surface area (Å²) < 4.78 is 1.52. The Morgan fingerprint density at radius 3 is 2.11 bits per heavy atom. The number of aryl methyl sites for hydroxylation is 1. The molecule has 2 N–H and O–H groups in total. The third kappa shape index (κ3) is 4.12. The number of benzene rings is 3. The van der Waals surface area contributed by atoms with Gasteiger partial charge in [-0.2, -0.15) is 5.10 Å². The lowest BCUT2D eigenvalue weighted by atomic mass is 9.82. The Kier molecular flexibility index (Phi) is 6.03. The normalized spacial score (nSPS) is 14.6. The lowest BCUT2D eigenvalue weighted by molar-refractivity contribution is -0.133. The summed E-state index contributed by atoms with van der Waals surface area (Å²) in [6.45, 7) is -0.451. The fourth-order valence-electron chi connectivity index (χ4n) is 4.33. The molecule has 5 rings (SSSR count). The second-order valence-corrected chi connectivity index (χ2v) is 8.83. The Morgan fingerprint density at radius 1 is 0.944 bits per heavy atom. The number of hydrogen-bond donors (Lipinski definition) is 2. The van der Waals surface area contributed by atoms with Crippen LogP contribution in [0.2, 0.25) is 5.02 Å². The van der Waals surface area contributed by atoms with E-state index in [-0.39, 0.29) is 0 Å². The molecule has 9 heteroatoms. The highest BCUT2D eigenvalue weighted by Crippen LogP contribution is 2.36. The van der Waals surface area contributed by atoms with Crippen LogP contribution in [0.25, 0.3) is 11.3 Å². The van der Waals surface area contributed by atoms with E-state index in [1.54, 1.807) is 73.8 Å². The fourth-order valence-corrected chi connectivity index (χ4v) is 4.45. The van der Waals surface area contributed by atoms with Gasteiger partial charge in [-0.25, -0.2) is 4.79 Å². The molecule has 1 fully saturated rings. The molecule has 4 aromatic rings. The molecule has 0 atom stereocenters. The first-order valence-electron chi connectivity index (χ1n) is 11.2. The zero-order chi connectivity index (χ0) is 25.3. The molecule has 4 amide bonds. The van der Waals surface area contributed by atoms with E-state index < -0.39 is 29.9 Å².